The Labute approximate surface area is 102 Å². The van der Waals surface area contributed by atoms with Crippen LogP contribution in [-0.4, -0.2) is 35.4 Å². The van der Waals surface area contributed by atoms with Crippen LogP contribution in [0.25, 0.3) is 0 Å². The normalized spacial score (nSPS) is 11.6. The maximum Gasteiger partial charge on any atom is 0.435 e. The summed E-state index contributed by atoms with van der Waals surface area (Å²) in [5.74, 6) is -0.810. The molecule has 1 N–H and O–H groups in total. The van der Waals surface area contributed by atoms with Crippen molar-refractivity contribution in [3.8, 4) is 0 Å². The van der Waals surface area contributed by atoms with Crippen LogP contribution in [0.4, 0.5) is 13.2 Å². The molecular weight excluding hydrogens is 251 g/mol. The van der Waals surface area contributed by atoms with Gasteiger partial charge in [0.2, 0.25) is 0 Å². The lowest BCUT2D eigenvalue weighted by Gasteiger charge is -2.07. The summed E-state index contributed by atoms with van der Waals surface area (Å²) >= 11 is 0. The number of aromatic nitrogens is 2. The molecule has 0 saturated carbocycles. The van der Waals surface area contributed by atoms with E-state index >= 15 is 0 Å². The molecule has 18 heavy (non-hydrogen) atoms. The molecule has 1 amide bonds. The molecule has 0 fully saturated rings. The fourth-order valence-electron chi connectivity index (χ4n) is 1.34. The summed E-state index contributed by atoms with van der Waals surface area (Å²) in [5, 5.41) is 5.59. The first-order valence-corrected chi connectivity index (χ1v) is 5.33. The van der Waals surface area contributed by atoms with Crippen molar-refractivity contribution in [3.63, 3.8) is 0 Å². The van der Waals surface area contributed by atoms with Crippen molar-refractivity contribution in [3.05, 3.63) is 17.5 Å². The van der Waals surface area contributed by atoms with Crippen LogP contribution >= 0.6 is 0 Å². The molecule has 0 aliphatic heterocycles. The van der Waals surface area contributed by atoms with E-state index in [9.17, 15) is 18.0 Å². The van der Waals surface area contributed by atoms with Gasteiger partial charge >= 0.3 is 6.18 Å². The van der Waals surface area contributed by atoms with E-state index in [0.29, 0.717) is 6.61 Å². The first-order chi connectivity index (χ1) is 8.36. The second-order valence-corrected chi connectivity index (χ2v) is 3.52. The number of nitrogens with one attached hydrogen (secondary N) is 1. The van der Waals surface area contributed by atoms with Gasteiger partial charge in [0.25, 0.3) is 5.91 Å². The maximum atomic E-state index is 12.6. The van der Waals surface area contributed by atoms with E-state index in [4.69, 9.17) is 4.74 Å². The van der Waals surface area contributed by atoms with Crippen molar-refractivity contribution < 1.29 is 22.7 Å². The van der Waals surface area contributed by atoms with Gasteiger partial charge in [0.1, 0.15) is 0 Å². The molecule has 0 spiro atoms. The van der Waals surface area contributed by atoms with Crippen molar-refractivity contribution in [2.45, 2.75) is 13.1 Å². The zero-order chi connectivity index (χ0) is 13.8. The molecular formula is C10H14F3N3O2. The summed E-state index contributed by atoms with van der Waals surface area (Å²) in [7, 11) is 1.33. The summed E-state index contributed by atoms with van der Waals surface area (Å²) in [6.07, 6.45) is -3.60. The van der Waals surface area contributed by atoms with Crippen molar-refractivity contribution in [1.82, 2.24) is 15.1 Å². The average Bonchev–Trinajstić information content (AvgIpc) is 2.66. The number of nitrogens with zero attached hydrogens (tertiary/aromatic N) is 2. The van der Waals surface area contributed by atoms with Crippen molar-refractivity contribution >= 4 is 5.91 Å². The molecule has 0 aliphatic carbocycles. The third kappa shape index (κ3) is 3.73. The zero-order valence-corrected chi connectivity index (χ0v) is 10.0. The second-order valence-electron chi connectivity index (χ2n) is 3.52. The zero-order valence-electron chi connectivity index (χ0n) is 10.0. The Morgan fingerprint density at radius 1 is 1.56 bits per heavy atom. The highest BCUT2D eigenvalue weighted by Crippen LogP contribution is 2.30. The van der Waals surface area contributed by atoms with Crippen molar-refractivity contribution in [2.24, 2.45) is 7.05 Å². The van der Waals surface area contributed by atoms with Crippen molar-refractivity contribution in [2.75, 3.05) is 19.8 Å². The predicted molar refractivity (Wildman–Crippen MR) is 57.0 cm³/mol. The number of carbonyl (C=O) groups is 1. The first kappa shape index (κ1) is 14.5. The van der Waals surface area contributed by atoms with E-state index in [-0.39, 0.29) is 13.2 Å². The summed E-state index contributed by atoms with van der Waals surface area (Å²) in [6.45, 7) is 2.67. The van der Waals surface area contributed by atoms with Crippen LogP contribution in [0, 0.1) is 0 Å². The van der Waals surface area contributed by atoms with Gasteiger partial charge in [-0.3, -0.25) is 9.48 Å². The van der Waals surface area contributed by atoms with E-state index in [0.717, 1.165) is 10.9 Å². The Bertz CT molecular complexity index is 415. The molecule has 1 aromatic rings. The fraction of sp³-hybridized carbons (Fsp3) is 0.600. The van der Waals surface area contributed by atoms with Crippen LogP contribution in [0.5, 0.6) is 0 Å². The molecule has 0 aliphatic rings. The fourth-order valence-corrected chi connectivity index (χ4v) is 1.34. The summed E-state index contributed by atoms with van der Waals surface area (Å²) < 4.78 is 43.7. The largest absolute Gasteiger partial charge is 0.435 e. The monoisotopic (exact) mass is 265 g/mol. The third-order valence-electron chi connectivity index (χ3n) is 2.08. The number of halogens is 3. The van der Waals surface area contributed by atoms with Gasteiger partial charge in [0.05, 0.1) is 12.2 Å². The van der Waals surface area contributed by atoms with Gasteiger partial charge in [-0.05, 0) is 6.92 Å². The van der Waals surface area contributed by atoms with E-state index in [2.05, 4.69) is 10.4 Å². The SMILES string of the molecule is CCOCCNC(=O)c1cn(C)nc1C(F)(F)F. The molecule has 0 aromatic carbocycles. The number of amides is 1. The highest BCUT2D eigenvalue weighted by Gasteiger charge is 2.38. The van der Waals surface area contributed by atoms with E-state index in [1.165, 1.54) is 7.05 Å². The summed E-state index contributed by atoms with van der Waals surface area (Å²) in [4.78, 5) is 11.6. The molecule has 102 valence electrons. The summed E-state index contributed by atoms with van der Waals surface area (Å²) in [6, 6.07) is 0. The topological polar surface area (TPSA) is 56.1 Å². The highest BCUT2D eigenvalue weighted by molar-refractivity contribution is 5.95. The highest BCUT2D eigenvalue weighted by atomic mass is 19.4. The number of aryl methyl sites for hydroxylation is 1. The number of hydrogen-bond donors (Lipinski definition) is 1. The van der Waals surface area contributed by atoms with Crippen LogP contribution in [0.15, 0.2) is 6.20 Å². The standard InChI is InChI=1S/C10H14F3N3O2/c1-3-18-5-4-14-9(17)7-6-16(2)15-8(7)10(11,12)13/h6H,3-5H2,1-2H3,(H,14,17). The minimum Gasteiger partial charge on any atom is -0.380 e. The molecule has 5 nitrogen and oxygen atoms in total. The Morgan fingerprint density at radius 3 is 2.78 bits per heavy atom. The van der Waals surface area contributed by atoms with E-state index in [1.807, 2.05) is 0 Å². The summed E-state index contributed by atoms with van der Waals surface area (Å²) in [5.41, 5.74) is -1.67. The van der Waals surface area contributed by atoms with Gasteiger partial charge in [-0.25, -0.2) is 0 Å². The lowest BCUT2D eigenvalue weighted by atomic mass is 10.2. The van der Waals surface area contributed by atoms with Crippen molar-refractivity contribution in [1.29, 1.82) is 0 Å². The number of alkyl halides is 3. The van der Waals surface area contributed by atoms with Gasteiger partial charge in [0.15, 0.2) is 5.69 Å². The molecule has 0 radical (unpaired) electrons. The number of carbonyl (C=O) groups excluding carboxylic acids is 1. The molecule has 8 heteroatoms. The van der Waals surface area contributed by atoms with E-state index in [1.54, 1.807) is 6.92 Å². The van der Waals surface area contributed by atoms with Crippen LogP contribution in [0.2, 0.25) is 0 Å². The molecule has 0 atom stereocenters. The second kappa shape index (κ2) is 5.85. The van der Waals surface area contributed by atoms with Gasteiger partial charge in [-0.1, -0.05) is 0 Å². The number of ether oxygens (including phenoxy) is 1. The van der Waals surface area contributed by atoms with Crippen LogP contribution < -0.4 is 5.32 Å². The van der Waals surface area contributed by atoms with Gasteiger partial charge < -0.3 is 10.1 Å². The molecule has 0 saturated heterocycles. The third-order valence-corrected chi connectivity index (χ3v) is 2.08. The molecule has 1 rings (SSSR count). The number of rotatable bonds is 5. The quantitative estimate of drug-likeness (QED) is 0.814. The van der Waals surface area contributed by atoms with E-state index < -0.39 is 23.3 Å². The van der Waals surface area contributed by atoms with Crippen LogP contribution in [-0.2, 0) is 18.0 Å². The Balaban J connectivity index is 2.73. The lowest BCUT2D eigenvalue weighted by molar-refractivity contribution is -0.141. The Hall–Kier alpha value is -1.57. The maximum absolute atomic E-state index is 12.6. The predicted octanol–water partition coefficient (Wildman–Crippen LogP) is 1.21. The average molecular weight is 265 g/mol. The minimum absolute atomic E-state index is 0.152. The molecule has 0 bridgehead atoms. The molecule has 1 aromatic heterocycles. The van der Waals surface area contributed by atoms with Gasteiger partial charge in [-0.15, -0.1) is 0 Å². The van der Waals surface area contributed by atoms with Crippen LogP contribution in [0.3, 0.4) is 0 Å². The Kier molecular flexibility index (Phi) is 4.71. The minimum atomic E-state index is -4.64. The van der Waals surface area contributed by atoms with Crippen LogP contribution in [0.1, 0.15) is 23.0 Å². The number of hydrogen-bond acceptors (Lipinski definition) is 3. The smallest absolute Gasteiger partial charge is 0.380 e. The Morgan fingerprint density at radius 2 is 2.22 bits per heavy atom. The molecule has 1 heterocycles. The molecule has 0 unspecified atom stereocenters. The lowest BCUT2D eigenvalue weighted by Crippen LogP contribution is -2.28. The first-order valence-electron chi connectivity index (χ1n) is 5.33. The van der Waals surface area contributed by atoms with Gasteiger partial charge in [0, 0.05) is 26.4 Å². The van der Waals surface area contributed by atoms with Gasteiger partial charge in [-0.2, -0.15) is 18.3 Å².